The summed E-state index contributed by atoms with van der Waals surface area (Å²) >= 11 is 0. The van der Waals surface area contributed by atoms with Crippen molar-refractivity contribution in [3.05, 3.63) is 0 Å². The highest BCUT2D eigenvalue weighted by Crippen LogP contribution is 2.41. The van der Waals surface area contributed by atoms with Gasteiger partial charge in [-0.1, -0.05) is 0 Å². The molecule has 0 saturated heterocycles. The Bertz CT molecular complexity index is 140. The van der Waals surface area contributed by atoms with Gasteiger partial charge in [0.15, 0.2) is 0 Å². The lowest BCUT2D eigenvalue weighted by atomic mass is 9.66. The lowest BCUT2D eigenvalue weighted by Crippen LogP contribution is -2.40. The summed E-state index contributed by atoms with van der Waals surface area (Å²) < 4.78 is 0. The first kappa shape index (κ1) is 8.72. The first-order valence-corrected chi connectivity index (χ1v) is 4.20. The fourth-order valence-corrected chi connectivity index (χ4v) is 1.64. The summed E-state index contributed by atoms with van der Waals surface area (Å²) in [6.45, 7) is 3.68. The summed E-state index contributed by atoms with van der Waals surface area (Å²) in [5.74, 6) is 0.955. The molecule has 0 atom stereocenters. The second kappa shape index (κ2) is 2.94. The van der Waals surface area contributed by atoms with Crippen LogP contribution in [-0.2, 0) is 4.79 Å². The van der Waals surface area contributed by atoms with Gasteiger partial charge in [-0.2, -0.15) is 0 Å². The van der Waals surface area contributed by atoms with Crippen LogP contribution in [-0.4, -0.2) is 17.0 Å². The molecule has 1 aliphatic carbocycles. The SMILES string of the molecule is CC(C)(O)C1CC(CC=O)C1. The molecule has 2 nitrogen and oxygen atoms in total. The van der Waals surface area contributed by atoms with Crippen LogP contribution < -0.4 is 0 Å². The first-order chi connectivity index (χ1) is 5.04. The third kappa shape index (κ3) is 2.03. The van der Waals surface area contributed by atoms with Crippen LogP contribution in [0.4, 0.5) is 0 Å². The summed E-state index contributed by atoms with van der Waals surface area (Å²) in [5.41, 5.74) is -0.542. The third-order valence-corrected chi connectivity index (χ3v) is 2.66. The van der Waals surface area contributed by atoms with Gasteiger partial charge >= 0.3 is 0 Å². The Morgan fingerprint density at radius 3 is 2.45 bits per heavy atom. The number of hydrogen-bond acceptors (Lipinski definition) is 2. The second-order valence-electron chi connectivity index (χ2n) is 4.09. The van der Waals surface area contributed by atoms with E-state index in [9.17, 15) is 9.90 Å². The Morgan fingerprint density at radius 1 is 1.55 bits per heavy atom. The highest BCUT2D eigenvalue weighted by atomic mass is 16.3. The van der Waals surface area contributed by atoms with Crippen LogP contribution in [0.5, 0.6) is 0 Å². The van der Waals surface area contributed by atoms with Gasteiger partial charge in [-0.15, -0.1) is 0 Å². The van der Waals surface area contributed by atoms with Gasteiger partial charge in [0.1, 0.15) is 6.29 Å². The third-order valence-electron chi connectivity index (χ3n) is 2.66. The number of carbonyl (C=O) groups is 1. The fourth-order valence-electron chi connectivity index (χ4n) is 1.64. The van der Waals surface area contributed by atoms with Crippen molar-refractivity contribution in [1.82, 2.24) is 0 Å². The molecule has 0 unspecified atom stereocenters. The molecule has 0 aromatic carbocycles. The van der Waals surface area contributed by atoms with Gasteiger partial charge in [0.25, 0.3) is 0 Å². The first-order valence-electron chi connectivity index (χ1n) is 4.20. The van der Waals surface area contributed by atoms with E-state index in [1.54, 1.807) is 0 Å². The van der Waals surface area contributed by atoms with Crippen molar-refractivity contribution in [2.75, 3.05) is 0 Å². The van der Waals surface area contributed by atoms with E-state index in [1.165, 1.54) is 0 Å². The van der Waals surface area contributed by atoms with Crippen LogP contribution in [0.2, 0.25) is 0 Å². The molecule has 2 heteroatoms. The van der Waals surface area contributed by atoms with Crippen LogP contribution in [0.25, 0.3) is 0 Å². The quantitative estimate of drug-likeness (QED) is 0.627. The summed E-state index contributed by atoms with van der Waals surface area (Å²) in [6, 6.07) is 0. The second-order valence-corrected chi connectivity index (χ2v) is 4.09. The van der Waals surface area contributed by atoms with Crippen LogP contribution >= 0.6 is 0 Å². The van der Waals surface area contributed by atoms with E-state index in [-0.39, 0.29) is 0 Å². The standard InChI is InChI=1S/C9H16O2/c1-9(2,11)8-5-7(6-8)3-4-10/h4,7-8,11H,3,5-6H2,1-2H3. The molecule has 0 bridgehead atoms. The molecule has 0 aliphatic heterocycles. The zero-order valence-corrected chi connectivity index (χ0v) is 7.21. The topological polar surface area (TPSA) is 37.3 Å². The number of aldehydes is 1. The van der Waals surface area contributed by atoms with Gasteiger partial charge in [0.2, 0.25) is 0 Å². The van der Waals surface area contributed by atoms with E-state index < -0.39 is 5.60 Å². The molecular weight excluding hydrogens is 140 g/mol. The maximum Gasteiger partial charge on any atom is 0.120 e. The molecule has 0 heterocycles. The van der Waals surface area contributed by atoms with E-state index in [4.69, 9.17) is 0 Å². The van der Waals surface area contributed by atoms with Crippen molar-refractivity contribution in [2.45, 2.75) is 38.7 Å². The molecule has 0 aromatic heterocycles. The molecule has 0 radical (unpaired) electrons. The van der Waals surface area contributed by atoms with E-state index in [0.717, 1.165) is 19.1 Å². The predicted octanol–water partition coefficient (Wildman–Crippen LogP) is 1.37. The average Bonchev–Trinajstić information content (AvgIpc) is 1.74. The lowest BCUT2D eigenvalue weighted by molar-refractivity contribution is -0.111. The maximum absolute atomic E-state index is 10.1. The van der Waals surface area contributed by atoms with E-state index in [1.807, 2.05) is 13.8 Å². The van der Waals surface area contributed by atoms with E-state index in [0.29, 0.717) is 18.3 Å². The monoisotopic (exact) mass is 156 g/mol. The van der Waals surface area contributed by atoms with Gasteiger partial charge in [0, 0.05) is 6.42 Å². The highest BCUT2D eigenvalue weighted by Gasteiger charge is 2.38. The molecule has 1 aliphatic rings. The van der Waals surface area contributed by atoms with Crippen LogP contribution in [0.15, 0.2) is 0 Å². The van der Waals surface area contributed by atoms with Gasteiger partial charge in [0.05, 0.1) is 5.60 Å². The normalized spacial score (nSPS) is 31.2. The minimum Gasteiger partial charge on any atom is -0.390 e. The summed E-state index contributed by atoms with van der Waals surface area (Å²) in [5, 5.41) is 9.54. The van der Waals surface area contributed by atoms with Gasteiger partial charge < -0.3 is 9.90 Å². The highest BCUT2D eigenvalue weighted by molar-refractivity contribution is 5.50. The van der Waals surface area contributed by atoms with Crippen LogP contribution in [0, 0.1) is 11.8 Å². The van der Waals surface area contributed by atoms with E-state index in [2.05, 4.69) is 0 Å². The molecule has 1 fully saturated rings. The van der Waals surface area contributed by atoms with E-state index >= 15 is 0 Å². The van der Waals surface area contributed by atoms with Crippen LogP contribution in [0.1, 0.15) is 33.1 Å². The van der Waals surface area contributed by atoms with Crippen LogP contribution in [0.3, 0.4) is 0 Å². The molecule has 11 heavy (non-hydrogen) atoms. The van der Waals surface area contributed by atoms with Crippen molar-refractivity contribution in [3.63, 3.8) is 0 Å². The number of aliphatic hydroxyl groups is 1. The minimum atomic E-state index is -0.542. The Morgan fingerprint density at radius 2 is 2.09 bits per heavy atom. The number of carbonyl (C=O) groups excluding carboxylic acids is 1. The Labute approximate surface area is 67.6 Å². The maximum atomic E-state index is 10.1. The summed E-state index contributed by atoms with van der Waals surface area (Å²) in [6.07, 6.45) is 3.68. The predicted molar refractivity (Wildman–Crippen MR) is 43.2 cm³/mol. The van der Waals surface area contributed by atoms with Gasteiger partial charge in [-0.05, 0) is 38.5 Å². The Hall–Kier alpha value is -0.370. The molecule has 0 amide bonds. The Balaban J connectivity index is 2.24. The fraction of sp³-hybridized carbons (Fsp3) is 0.889. The molecule has 0 aromatic rings. The minimum absolute atomic E-state index is 0.410. The smallest absolute Gasteiger partial charge is 0.120 e. The largest absolute Gasteiger partial charge is 0.390 e. The van der Waals surface area contributed by atoms with Gasteiger partial charge in [-0.25, -0.2) is 0 Å². The summed E-state index contributed by atoms with van der Waals surface area (Å²) in [4.78, 5) is 10.1. The molecule has 1 saturated carbocycles. The molecule has 1 N–H and O–H groups in total. The average molecular weight is 156 g/mol. The lowest BCUT2D eigenvalue weighted by Gasteiger charge is -2.41. The van der Waals surface area contributed by atoms with Crippen molar-refractivity contribution in [1.29, 1.82) is 0 Å². The molecular formula is C9H16O2. The molecule has 1 rings (SSSR count). The number of hydrogen-bond donors (Lipinski definition) is 1. The Kier molecular flexibility index (Phi) is 2.33. The van der Waals surface area contributed by atoms with Crippen molar-refractivity contribution < 1.29 is 9.90 Å². The van der Waals surface area contributed by atoms with Crippen molar-refractivity contribution in [3.8, 4) is 0 Å². The molecule has 64 valence electrons. The van der Waals surface area contributed by atoms with Crippen molar-refractivity contribution in [2.24, 2.45) is 11.8 Å². The zero-order chi connectivity index (χ0) is 8.48. The van der Waals surface area contributed by atoms with Crippen molar-refractivity contribution >= 4 is 6.29 Å². The summed E-state index contributed by atoms with van der Waals surface area (Å²) in [7, 11) is 0. The molecule has 0 spiro atoms. The van der Waals surface area contributed by atoms with Gasteiger partial charge in [-0.3, -0.25) is 0 Å². The number of rotatable bonds is 3. The zero-order valence-electron chi connectivity index (χ0n) is 7.21.